The average molecular weight is 615 g/mol. The molecule has 1 N–H and O–H groups in total. The van der Waals surface area contributed by atoms with Crippen molar-refractivity contribution in [1.82, 2.24) is 19.8 Å². The zero-order valence-electron chi connectivity index (χ0n) is 25.9. The van der Waals surface area contributed by atoms with Crippen LogP contribution >= 0.6 is 11.6 Å². The Morgan fingerprint density at radius 2 is 1.77 bits per heavy atom. The SMILES string of the molecule is Cn1cncc1C(NC(=O)OC1(C)CC1)C1=Cc2ccccc2C(=C2CCN(C(=O)OC(C)(C)C)CC2)c2ccc(Cl)cc21. The van der Waals surface area contributed by atoms with Gasteiger partial charge in [0, 0.05) is 25.2 Å². The van der Waals surface area contributed by atoms with E-state index in [2.05, 4.69) is 34.6 Å². The first-order chi connectivity index (χ1) is 20.9. The molecule has 0 spiro atoms. The fraction of sp³-hybridized carbons (Fsp3) is 0.400. The lowest BCUT2D eigenvalue weighted by atomic mass is 9.84. The Bertz CT molecular complexity index is 1670. The second-order valence-electron chi connectivity index (χ2n) is 13.2. The number of fused-ring (bicyclic) bond motifs is 2. The normalized spacial score (nSPS) is 18.0. The van der Waals surface area contributed by atoms with Gasteiger partial charge in [0.2, 0.25) is 0 Å². The van der Waals surface area contributed by atoms with Gasteiger partial charge in [-0.3, -0.25) is 0 Å². The van der Waals surface area contributed by atoms with Crippen molar-refractivity contribution in [2.45, 2.75) is 70.6 Å². The van der Waals surface area contributed by atoms with Crippen LogP contribution in [-0.4, -0.2) is 50.9 Å². The van der Waals surface area contributed by atoms with E-state index >= 15 is 0 Å². The average Bonchev–Trinajstić information content (AvgIpc) is 3.57. The molecule has 0 bridgehead atoms. The van der Waals surface area contributed by atoms with Crippen molar-refractivity contribution >= 4 is 41.0 Å². The standard InChI is InChI=1S/C35H39ClN4O4/c1-34(2,3)44-33(42)40-16-12-22(13-17-40)30-25-9-7-6-8-23(25)18-28(27-19-24(36)10-11-26(27)30)31(29-20-37-21-39(29)5)38-32(41)43-35(4)14-15-35/h6-11,18-21,31H,12-17H2,1-5H3,(H,38,41). The number of rotatable bonds is 4. The van der Waals surface area contributed by atoms with Crippen molar-refractivity contribution in [1.29, 1.82) is 0 Å². The van der Waals surface area contributed by atoms with Gasteiger partial charge in [-0.25, -0.2) is 14.6 Å². The molecule has 230 valence electrons. The summed E-state index contributed by atoms with van der Waals surface area (Å²) >= 11 is 6.68. The van der Waals surface area contributed by atoms with E-state index < -0.39 is 23.3 Å². The fourth-order valence-electron chi connectivity index (χ4n) is 5.98. The van der Waals surface area contributed by atoms with Gasteiger partial charge in [0.25, 0.3) is 0 Å². The van der Waals surface area contributed by atoms with Gasteiger partial charge >= 0.3 is 12.2 Å². The van der Waals surface area contributed by atoms with Crippen LogP contribution in [0, 0.1) is 0 Å². The summed E-state index contributed by atoms with van der Waals surface area (Å²) in [4.78, 5) is 32.3. The molecule has 0 radical (unpaired) electrons. The van der Waals surface area contributed by atoms with Crippen molar-refractivity contribution in [3.05, 3.63) is 93.5 Å². The number of alkyl carbamates (subject to hydrolysis) is 1. The summed E-state index contributed by atoms with van der Waals surface area (Å²) in [6.45, 7) is 8.76. The third-order valence-corrected chi connectivity index (χ3v) is 8.73. The minimum Gasteiger partial charge on any atom is -0.444 e. The van der Waals surface area contributed by atoms with Crippen LogP contribution in [0.25, 0.3) is 17.2 Å². The molecule has 2 aromatic carbocycles. The van der Waals surface area contributed by atoms with Gasteiger partial charge in [-0.1, -0.05) is 47.5 Å². The van der Waals surface area contributed by atoms with Crippen molar-refractivity contribution in [2.75, 3.05) is 13.1 Å². The number of nitrogens with zero attached hydrogens (tertiary/aromatic N) is 3. The molecule has 6 rings (SSSR count). The summed E-state index contributed by atoms with van der Waals surface area (Å²) in [5.74, 6) is 0. The molecule has 3 aromatic rings. The molecule has 3 aliphatic rings. The highest BCUT2D eigenvalue weighted by molar-refractivity contribution is 6.31. The molecular weight excluding hydrogens is 576 g/mol. The zero-order valence-corrected chi connectivity index (χ0v) is 26.7. The van der Waals surface area contributed by atoms with Crippen LogP contribution in [0.2, 0.25) is 5.02 Å². The first-order valence-electron chi connectivity index (χ1n) is 15.2. The van der Waals surface area contributed by atoms with Crippen LogP contribution in [0.3, 0.4) is 0 Å². The van der Waals surface area contributed by atoms with Gasteiger partial charge < -0.3 is 24.3 Å². The molecule has 9 heteroatoms. The molecule has 8 nitrogen and oxygen atoms in total. The summed E-state index contributed by atoms with van der Waals surface area (Å²) in [6.07, 6.45) is 8.04. The quantitative estimate of drug-likeness (QED) is 0.324. The third-order valence-electron chi connectivity index (χ3n) is 8.49. The monoisotopic (exact) mass is 614 g/mol. The number of carbonyl (C=O) groups excluding carboxylic acids is 2. The number of imidazole rings is 1. The Labute approximate surface area is 263 Å². The number of piperidine rings is 1. The maximum absolute atomic E-state index is 13.3. The number of amides is 2. The zero-order chi connectivity index (χ0) is 31.2. The molecule has 1 saturated carbocycles. The molecule has 44 heavy (non-hydrogen) atoms. The number of nitrogens with one attached hydrogen (secondary N) is 1. The Morgan fingerprint density at radius 3 is 2.43 bits per heavy atom. The van der Waals surface area contributed by atoms with Gasteiger partial charge in [-0.15, -0.1) is 0 Å². The van der Waals surface area contributed by atoms with E-state index in [0.29, 0.717) is 31.0 Å². The van der Waals surface area contributed by atoms with E-state index in [0.717, 1.165) is 51.9 Å². The van der Waals surface area contributed by atoms with Gasteiger partial charge in [0.05, 0.1) is 18.2 Å². The highest BCUT2D eigenvalue weighted by Gasteiger charge is 2.42. The maximum Gasteiger partial charge on any atom is 0.410 e. The predicted octanol–water partition coefficient (Wildman–Crippen LogP) is 7.78. The lowest BCUT2D eigenvalue weighted by Gasteiger charge is -2.32. The van der Waals surface area contributed by atoms with E-state index in [1.807, 2.05) is 63.6 Å². The molecule has 2 fully saturated rings. The summed E-state index contributed by atoms with van der Waals surface area (Å²) in [5.41, 5.74) is 7.24. The van der Waals surface area contributed by atoms with E-state index in [1.165, 1.54) is 5.57 Å². The van der Waals surface area contributed by atoms with Crippen molar-refractivity contribution in [3.63, 3.8) is 0 Å². The minimum absolute atomic E-state index is 0.281. The highest BCUT2D eigenvalue weighted by Crippen LogP contribution is 2.46. The molecule has 1 saturated heterocycles. The van der Waals surface area contributed by atoms with Crippen molar-refractivity contribution in [2.24, 2.45) is 7.05 Å². The number of hydrogen-bond donors (Lipinski definition) is 1. The number of halogens is 1. The van der Waals surface area contributed by atoms with Gasteiger partial charge in [0.15, 0.2) is 0 Å². The van der Waals surface area contributed by atoms with Crippen molar-refractivity contribution < 1.29 is 19.1 Å². The molecule has 1 aromatic heterocycles. The summed E-state index contributed by atoms with van der Waals surface area (Å²) in [6, 6.07) is 13.7. The van der Waals surface area contributed by atoms with E-state index in [1.54, 1.807) is 17.4 Å². The van der Waals surface area contributed by atoms with Crippen LogP contribution in [0.15, 0.2) is 60.6 Å². The lowest BCUT2D eigenvalue weighted by molar-refractivity contribution is 0.0236. The number of aromatic nitrogens is 2. The summed E-state index contributed by atoms with van der Waals surface area (Å²) in [7, 11) is 1.92. The Hall–Kier alpha value is -4.04. The van der Waals surface area contributed by atoms with E-state index in [-0.39, 0.29) is 6.09 Å². The van der Waals surface area contributed by atoms with Crippen LogP contribution in [0.5, 0.6) is 0 Å². The van der Waals surface area contributed by atoms with Crippen molar-refractivity contribution in [3.8, 4) is 0 Å². The number of aryl methyl sites for hydroxylation is 1. The van der Waals surface area contributed by atoms with Gasteiger partial charge in [0.1, 0.15) is 17.2 Å². The number of hydrogen-bond acceptors (Lipinski definition) is 5. The molecule has 2 heterocycles. The van der Waals surface area contributed by atoms with E-state index in [9.17, 15) is 9.59 Å². The van der Waals surface area contributed by atoms with Crippen LogP contribution in [0.1, 0.15) is 87.4 Å². The second kappa shape index (κ2) is 11.5. The van der Waals surface area contributed by atoms with Gasteiger partial charge in [-0.05, 0) is 105 Å². The highest BCUT2D eigenvalue weighted by atomic mass is 35.5. The van der Waals surface area contributed by atoms with Crippen LogP contribution in [0.4, 0.5) is 9.59 Å². The number of carbonyl (C=O) groups is 2. The smallest absolute Gasteiger partial charge is 0.410 e. The number of ether oxygens (including phenoxy) is 2. The molecule has 2 aliphatic carbocycles. The first-order valence-corrected chi connectivity index (χ1v) is 15.6. The molecule has 1 atom stereocenters. The maximum atomic E-state index is 13.3. The molecular formula is C35H39ClN4O4. The minimum atomic E-state index is -0.555. The Balaban J connectivity index is 1.45. The Kier molecular flexibility index (Phi) is 7.82. The Morgan fingerprint density at radius 1 is 1.05 bits per heavy atom. The molecule has 1 aliphatic heterocycles. The topological polar surface area (TPSA) is 85.7 Å². The number of likely N-dealkylation sites (tertiary alicyclic amines) is 1. The van der Waals surface area contributed by atoms with E-state index in [4.69, 9.17) is 21.1 Å². The second-order valence-corrected chi connectivity index (χ2v) is 13.6. The van der Waals surface area contributed by atoms with Crippen LogP contribution in [-0.2, 0) is 16.5 Å². The summed E-state index contributed by atoms with van der Waals surface area (Å²) < 4.78 is 13.4. The molecule has 1 unspecified atom stereocenters. The fourth-order valence-corrected chi connectivity index (χ4v) is 6.15. The number of benzene rings is 2. The third kappa shape index (κ3) is 6.27. The largest absolute Gasteiger partial charge is 0.444 e. The first kappa shape index (κ1) is 30.0. The molecule has 2 amide bonds. The van der Waals surface area contributed by atoms with Gasteiger partial charge in [-0.2, -0.15) is 0 Å². The predicted molar refractivity (Wildman–Crippen MR) is 172 cm³/mol. The van der Waals surface area contributed by atoms with Crippen LogP contribution < -0.4 is 5.32 Å². The summed E-state index contributed by atoms with van der Waals surface area (Å²) in [5, 5.41) is 3.77. The lowest BCUT2D eigenvalue weighted by Crippen LogP contribution is -2.40.